The molecule has 1 amide bonds. The minimum atomic E-state index is -0.247. The molecule has 2 aromatic heterocycles. The number of amides is 1. The third-order valence-electron chi connectivity index (χ3n) is 3.23. The molecule has 23 heavy (non-hydrogen) atoms. The second kappa shape index (κ2) is 8.70. The standard InChI is InChI=1S/C14H21N5OS3/c1-5-9(3)19-11(7-8-15-19)16-12(20)10(4)22-14-18-17-13(23-14)21-6-2/h7-10H,5-6H2,1-4H3,(H,16,20)/t9-,10+/m1/s1. The molecule has 2 heterocycles. The molecule has 0 aromatic carbocycles. The van der Waals surface area contributed by atoms with E-state index in [0.717, 1.165) is 26.7 Å². The molecule has 0 saturated heterocycles. The fourth-order valence-electron chi connectivity index (χ4n) is 1.80. The topological polar surface area (TPSA) is 72.7 Å². The maximum atomic E-state index is 12.4. The van der Waals surface area contributed by atoms with E-state index in [2.05, 4.69) is 41.4 Å². The van der Waals surface area contributed by atoms with Gasteiger partial charge in [0, 0.05) is 6.07 Å². The quantitative estimate of drug-likeness (QED) is 0.709. The third kappa shape index (κ3) is 4.95. The molecule has 9 heteroatoms. The molecule has 0 aliphatic heterocycles. The van der Waals surface area contributed by atoms with Crippen molar-refractivity contribution in [2.45, 2.75) is 54.1 Å². The van der Waals surface area contributed by atoms with Gasteiger partial charge in [-0.1, -0.05) is 48.7 Å². The lowest BCUT2D eigenvalue weighted by molar-refractivity contribution is -0.115. The Balaban J connectivity index is 1.96. The number of carbonyl (C=O) groups excluding carboxylic acids is 1. The van der Waals surface area contributed by atoms with Crippen LogP contribution in [-0.2, 0) is 4.79 Å². The zero-order valence-electron chi connectivity index (χ0n) is 13.6. The number of nitrogens with one attached hydrogen (secondary N) is 1. The molecule has 0 aliphatic rings. The molecule has 2 rings (SSSR count). The van der Waals surface area contributed by atoms with Crippen molar-refractivity contribution < 1.29 is 4.79 Å². The minimum Gasteiger partial charge on any atom is -0.310 e. The van der Waals surface area contributed by atoms with Crippen LogP contribution in [0.4, 0.5) is 5.82 Å². The van der Waals surface area contributed by atoms with Gasteiger partial charge in [-0.05, 0) is 26.0 Å². The van der Waals surface area contributed by atoms with E-state index in [1.807, 2.05) is 17.7 Å². The molecule has 0 saturated carbocycles. The molecule has 0 unspecified atom stereocenters. The van der Waals surface area contributed by atoms with Crippen molar-refractivity contribution in [3.8, 4) is 0 Å². The Kier molecular flexibility index (Phi) is 6.91. The van der Waals surface area contributed by atoms with E-state index in [1.165, 1.54) is 23.1 Å². The zero-order chi connectivity index (χ0) is 16.8. The molecular formula is C14H21N5OS3. The lowest BCUT2D eigenvalue weighted by Crippen LogP contribution is -2.24. The number of hydrogen-bond acceptors (Lipinski definition) is 7. The van der Waals surface area contributed by atoms with Crippen LogP contribution in [0.2, 0.25) is 0 Å². The van der Waals surface area contributed by atoms with Crippen LogP contribution in [0.3, 0.4) is 0 Å². The van der Waals surface area contributed by atoms with E-state index in [4.69, 9.17) is 0 Å². The first-order valence-electron chi connectivity index (χ1n) is 7.52. The Morgan fingerprint density at radius 3 is 2.78 bits per heavy atom. The summed E-state index contributed by atoms with van der Waals surface area (Å²) >= 11 is 4.62. The molecule has 0 bridgehead atoms. The monoisotopic (exact) mass is 371 g/mol. The van der Waals surface area contributed by atoms with Crippen LogP contribution in [0.1, 0.15) is 40.2 Å². The summed E-state index contributed by atoms with van der Waals surface area (Å²) in [6.07, 6.45) is 2.66. The molecule has 2 aromatic rings. The number of hydrogen-bond donors (Lipinski definition) is 1. The van der Waals surface area contributed by atoms with Gasteiger partial charge in [0.2, 0.25) is 5.91 Å². The third-order valence-corrected chi connectivity index (χ3v) is 6.36. The van der Waals surface area contributed by atoms with E-state index in [0.29, 0.717) is 0 Å². The van der Waals surface area contributed by atoms with Crippen LogP contribution in [0.15, 0.2) is 20.9 Å². The minimum absolute atomic E-state index is 0.0556. The predicted octanol–water partition coefficient (Wildman–Crippen LogP) is 3.94. The molecule has 6 nitrogen and oxygen atoms in total. The number of carbonyl (C=O) groups is 1. The van der Waals surface area contributed by atoms with Gasteiger partial charge < -0.3 is 5.32 Å². The van der Waals surface area contributed by atoms with Crippen molar-refractivity contribution in [3.05, 3.63) is 12.3 Å². The number of rotatable bonds is 8. The van der Waals surface area contributed by atoms with Gasteiger partial charge in [-0.25, -0.2) is 4.68 Å². The van der Waals surface area contributed by atoms with Gasteiger partial charge in [0.1, 0.15) is 5.82 Å². The summed E-state index contributed by atoms with van der Waals surface area (Å²) in [4.78, 5) is 12.4. The van der Waals surface area contributed by atoms with Crippen LogP contribution in [0.5, 0.6) is 0 Å². The molecule has 2 atom stereocenters. The van der Waals surface area contributed by atoms with Crippen molar-refractivity contribution in [3.63, 3.8) is 0 Å². The highest BCUT2D eigenvalue weighted by Crippen LogP contribution is 2.31. The predicted molar refractivity (Wildman–Crippen MR) is 97.5 cm³/mol. The summed E-state index contributed by atoms with van der Waals surface area (Å²) in [6, 6.07) is 2.07. The van der Waals surface area contributed by atoms with Crippen molar-refractivity contribution in [2.75, 3.05) is 11.1 Å². The zero-order valence-corrected chi connectivity index (χ0v) is 16.1. The summed E-state index contributed by atoms with van der Waals surface area (Å²) in [7, 11) is 0. The van der Waals surface area contributed by atoms with Gasteiger partial charge in [-0.3, -0.25) is 4.79 Å². The fraction of sp³-hybridized carbons (Fsp3) is 0.571. The fourth-order valence-corrected chi connectivity index (χ4v) is 4.86. The van der Waals surface area contributed by atoms with E-state index in [-0.39, 0.29) is 17.2 Å². The molecular weight excluding hydrogens is 350 g/mol. The van der Waals surface area contributed by atoms with Crippen LogP contribution in [0, 0.1) is 0 Å². The number of aromatic nitrogens is 4. The van der Waals surface area contributed by atoms with Crippen LogP contribution < -0.4 is 5.32 Å². The van der Waals surface area contributed by atoms with E-state index >= 15 is 0 Å². The summed E-state index contributed by atoms with van der Waals surface area (Å²) in [5, 5.41) is 15.2. The maximum Gasteiger partial charge on any atom is 0.238 e. The Labute approximate surface area is 148 Å². The summed E-state index contributed by atoms with van der Waals surface area (Å²) in [5.74, 6) is 1.64. The maximum absolute atomic E-state index is 12.4. The largest absolute Gasteiger partial charge is 0.310 e. The van der Waals surface area contributed by atoms with Crippen LogP contribution >= 0.6 is 34.9 Å². The highest BCUT2D eigenvalue weighted by molar-refractivity contribution is 8.03. The van der Waals surface area contributed by atoms with Gasteiger partial charge in [0.25, 0.3) is 0 Å². The Morgan fingerprint density at radius 2 is 2.09 bits per heavy atom. The molecule has 0 aliphatic carbocycles. The highest BCUT2D eigenvalue weighted by atomic mass is 32.2. The molecule has 0 fully saturated rings. The van der Waals surface area contributed by atoms with Crippen LogP contribution in [-0.4, -0.2) is 36.9 Å². The van der Waals surface area contributed by atoms with Crippen molar-refractivity contribution in [1.29, 1.82) is 0 Å². The van der Waals surface area contributed by atoms with Gasteiger partial charge >= 0.3 is 0 Å². The second-order valence-electron chi connectivity index (χ2n) is 4.93. The number of thioether (sulfide) groups is 2. The van der Waals surface area contributed by atoms with E-state index in [9.17, 15) is 4.79 Å². The Bertz CT molecular complexity index is 642. The molecule has 126 valence electrons. The normalized spacial score (nSPS) is 13.7. The van der Waals surface area contributed by atoms with Crippen LogP contribution in [0.25, 0.3) is 0 Å². The summed E-state index contributed by atoms with van der Waals surface area (Å²) in [6.45, 7) is 8.13. The smallest absolute Gasteiger partial charge is 0.238 e. The first-order chi connectivity index (χ1) is 11.0. The van der Waals surface area contributed by atoms with E-state index < -0.39 is 0 Å². The second-order valence-corrected chi connectivity index (χ2v) is 9.01. The van der Waals surface area contributed by atoms with Gasteiger partial charge in [0.15, 0.2) is 8.68 Å². The van der Waals surface area contributed by atoms with Gasteiger partial charge in [-0.15, -0.1) is 10.2 Å². The lowest BCUT2D eigenvalue weighted by Gasteiger charge is -2.15. The number of nitrogens with zero attached hydrogens (tertiary/aromatic N) is 4. The average Bonchev–Trinajstić information content (AvgIpc) is 3.16. The van der Waals surface area contributed by atoms with E-state index in [1.54, 1.807) is 18.0 Å². The first-order valence-corrected chi connectivity index (χ1v) is 10.2. The SMILES string of the molecule is CCSc1nnc(S[C@@H](C)C(=O)Nc2ccnn2[C@H](C)CC)s1. The highest BCUT2D eigenvalue weighted by Gasteiger charge is 2.19. The van der Waals surface area contributed by atoms with Gasteiger partial charge in [0.05, 0.1) is 17.5 Å². The average molecular weight is 372 g/mol. The lowest BCUT2D eigenvalue weighted by atomic mass is 10.3. The number of anilines is 1. The molecule has 0 radical (unpaired) electrons. The van der Waals surface area contributed by atoms with Crippen molar-refractivity contribution in [2.24, 2.45) is 0 Å². The van der Waals surface area contributed by atoms with Crippen molar-refractivity contribution in [1.82, 2.24) is 20.0 Å². The molecule has 1 N–H and O–H groups in total. The Hall–Kier alpha value is -1.06. The summed E-state index contributed by atoms with van der Waals surface area (Å²) in [5.41, 5.74) is 0. The van der Waals surface area contributed by atoms with Gasteiger partial charge in [-0.2, -0.15) is 5.10 Å². The summed E-state index contributed by atoms with van der Waals surface area (Å²) < 4.78 is 3.60. The first kappa shape index (κ1) is 18.3. The Morgan fingerprint density at radius 1 is 1.35 bits per heavy atom. The van der Waals surface area contributed by atoms with Crippen molar-refractivity contribution >= 4 is 46.6 Å². The molecule has 0 spiro atoms.